The van der Waals surface area contributed by atoms with Crippen LogP contribution in [0.3, 0.4) is 0 Å². The second kappa shape index (κ2) is 5.77. The number of ether oxygens (including phenoxy) is 1. The lowest BCUT2D eigenvalue weighted by Gasteiger charge is -2.40. The highest BCUT2D eigenvalue weighted by molar-refractivity contribution is 5.78. The smallest absolute Gasteiger partial charge is 0.236 e. The van der Waals surface area contributed by atoms with Crippen LogP contribution >= 0.6 is 0 Å². The molecule has 0 aliphatic carbocycles. The number of aliphatic hydroxyl groups is 2. The Morgan fingerprint density at radius 1 is 1.35 bits per heavy atom. The fourth-order valence-electron chi connectivity index (χ4n) is 2.00. The van der Waals surface area contributed by atoms with E-state index in [9.17, 15) is 15.0 Å². The fraction of sp³-hybridized carbons (Fsp3) is 0.909. The fourth-order valence-corrected chi connectivity index (χ4v) is 2.00. The van der Waals surface area contributed by atoms with Crippen LogP contribution in [0.1, 0.15) is 13.3 Å². The first-order valence-electron chi connectivity index (χ1n) is 5.75. The number of carbonyl (C=O) groups excluding carboxylic acids is 1. The van der Waals surface area contributed by atoms with Crippen LogP contribution in [0, 0.1) is 0 Å². The van der Waals surface area contributed by atoms with E-state index in [0.29, 0.717) is 6.42 Å². The van der Waals surface area contributed by atoms with Gasteiger partial charge in [0.2, 0.25) is 5.91 Å². The third-order valence-corrected chi connectivity index (χ3v) is 2.97. The van der Waals surface area contributed by atoms with E-state index < -0.39 is 18.4 Å². The molecule has 17 heavy (non-hydrogen) atoms. The van der Waals surface area contributed by atoms with Crippen LogP contribution in [0.5, 0.6) is 0 Å². The summed E-state index contributed by atoms with van der Waals surface area (Å²) in [5.74, 6) is -0.0830. The van der Waals surface area contributed by atoms with E-state index in [2.05, 4.69) is 0 Å². The maximum atomic E-state index is 11.9. The van der Waals surface area contributed by atoms with Gasteiger partial charge in [-0.05, 0) is 27.4 Å². The number of nitrogens with zero attached hydrogens (tertiary/aromatic N) is 2. The third-order valence-electron chi connectivity index (χ3n) is 2.97. The number of likely N-dealkylation sites (N-methyl/N-ethyl adjacent to an activating group) is 2. The van der Waals surface area contributed by atoms with Gasteiger partial charge in [0.1, 0.15) is 6.10 Å². The van der Waals surface area contributed by atoms with E-state index in [1.807, 2.05) is 21.0 Å². The number of hydrogen-bond acceptors (Lipinski definition) is 5. The molecule has 0 spiro atoms. The molecule has 1 aliphatic rings. The largest absolute Gasteiger partial charge is 0.386 e. The summed E-state index contributed by atoms with van der Waals surface area (Å²) in [4.78, 5) is 15.1. The molecule has 6 nitrogen and oxygen atoms in total. The Balaban J connectivity index is 2.66. The predicted octanol–water partition coefficient (Wildman–Crippen LogP) is -1.14. The predicted molar refractivity (Wildman–Crippen MR) is 62.3 cm³/mol. The molecule has 1 unspecified atom stereocenters. The summed E-state index contributed by atoms with van der Waals surface area (Å²) in [6, 6.07) is -0.402. The first-order valence-corrected chi connectivity index (χ1v) is 5.75. The molecule has 1 amide bonds. The Kier molecular flexibility index (Phi) is 4.88. The van der Waals surface area contributed by atoms with Crippen molar-refractivity contribution >= 4 is 5.91 Å². The van der Waals surface area contributed by atoms with Crippen molar-refractivity contribution in [2.45, 2.75) is 37.9 Å². The van der Waals surface area contributed by atoms with Crippen LogP contribution in [0.25, 0.3) is 0 Å². The van der Waals surface area contributed by atoms with Crippen LogP contribution in [-0.4, -0.2) is 78.1 Å². The highest BCUT2D eigenvalue weighted by atomic mass is 16.6. The summed E-state index contributed by atoms with van der Waals surface area (Å²) >= 11 is 0. The average molecular weight is 246 g/mol. The average Bonchev–Trinajstić information content (AvgIpc) is 2.21. The number of carbonyl (C=O) groups is 1. The standard InChI is InChI=1S/C11H22N2O4/c1-7-5-8(10(15)11(16)17-7)13(4)9(14)6-12(2)3/h7-8,10-11,15-16H,5-6H2,1-4H3/t7-,8+,10-,11?/m1/s1. The van der Waals surface area contributed by atoms with Gasteiger partial charge in [0.25, 0.3) is 0 Å². The van der Waals surface area contributed by atoms with Gasteiger partial charge >= 0.3 is 0 Å². The second-order valence-corrected chi connectivity index (χ2v) is 4.87. The van der Waals surface area contributed by atoms with Gasteiger partial charge in [-0.1, -0.05) is 0 Å². The number of aliphatic hydroxyl groups excluding tert-OH is 2. The summed E-state index contributed by atoms with van der Waals surface area (Å²) < 4.78 is 5.10. The summed E-state index contributed by atoms with van der Waals surface area (Å²) in [5, 5.41) is 19.3. The van der Waals surface area contributed by atoms with Gasteiger partial charge in [-0.3, -0.25) is 4.79 Å². The lowest BCUT2D eigenvalue weighted by Crippen LogP contribution is -2.56. The van der Waals surface area contributed by atoms with Crippen molar-refractivity contribution in [3.8, 4) is 0 Å². The summed E-state index contributed by atoms with van der Waals surface area (Å²) in [6.45, 7) is 2.09. The number of hydrogen-bond donors (Lipinski definition) is 2. The Labute approximate surface area is 102 Å². The minimum Gasteiger partial charge on any atom is -0.386 e. The summed E-state index contributed by atoms with van der Waals surface area (Å²) in [7, 11) is 5.26. The van der Waals surface area contributed by atoms with Gasteiger partial charge < -0.3 is 24.7 Å². The van der Waals surface area contributed by atoms with Crippen molar-refractivity contribution in [3.05, 3.63) is 0 Å². The molecule has 100 valence electrons. The van der Waals surface area contributed by atoms with Gasteiger partial charge in [-0.15, -0.1) is 0 Å². The Hall–Kier alpha value is -0.690. The third kappa shape index (κ3) is 3.64. The quantitative estimate of drug-likeness (QED) is 0.659. The van der Waals surface area contributed by atoms with Crippen molar-refractivity contribution in [2.75, 3.05) is 27.7 Å². The van der Waals surface area contributed by atoms with Crippen LogP contribution in [0.2, 0.25) is 0 Å². The van der Waals surface area contributed by atoms with Crippen molar-refractivity contribution in [1.82, 2.24) is 9.80 Å². The maximum Gasteiger partial charge on any atom is 0.236 e. The molecule has 1 aliphatic heterocycles. The normalized spacial score (nSPS) is 33.8. The summed E-state index contributed by atoms with van der Waals surface area (Å²) in [6.07, 6.45) is -1.93. The maximum absolute atomic E-state index is 11.9. The zero-order valence-electron chi connectivity index (χ0n) is 10.8. The molecule has 0 radical (unpaired) electrons. The van der Waals surface area contributed by atoms with Gasteiger partial charge in [0.15, 0.2) is 6.29 Å². The SMILES string of the molecule is C[C@@H]1C[C@H](N(C)C(=O)CN(C)C)[C@@H](O)C(O)O1. The molecule has 0 aromatic rings. The zero-order chi connectivity index (χ0) is 13.2. The molecule has 0 aromatic heterocycles. The van der Waals surface area contributed by atoms with Gasteiger partial charge in [-0.2, -0.15) is 0 Å². The molecular formula is C11H22N2O4. The zero-order valence-corrected chi connectivity index (χ0v) is 10.8. The van der Waals surface area contributed by atoms with Crippen molar-refractivity contribution in [2.24, 2.45) is 0 Å². The highest BCUT2D eigenvalue weighted by Gasteiger charge is 2.38. The van der Waals surface area contributed by atoms with Gasteiger partial charge in [0.05, 0.1) is 18.7 Å². The van der Waals surface area contributed by atoms with Crippen LogP contribution < -0.4 is 0 Å². The second-order valence-electron chi connectivity index (χ2n) is 4.87. The van der Waals surface area contributed by atoms with E-state index in [0.717, 1.165) is 0 Å². The lowest BCUT2D eigenvalue weighted by molar-refractivity contribution is -0.231. The highest BCUT2D eigenvalue weighted by Crippen LogP contribution is 2.22. The monoisotopic (exact) mass is 246 g/mol. The minimum atomic E-state index is -1.22. The molecule has 4 atom stereocenters. The van der Waals surface area contributed by atoms with Crippen LogP contribution in [0.15, 0.2) is 0 Å². The molecule has 1 heterocycles. The minimum absolute atomic E-state index is 0.0830. The summed E-state index contributed by atoms with van der Waals surface area (Å²) in [5.41, 5.74) is 0. The Morgan fingerprint density at radius 3 is 2.47 bits per heavy atom. The van der Waals surface area contributed by atoms with Crippen molar-refractivity contribution in [3.63, 3.8) is 0 Å². The molecule has 1 saturated heterocycles. The first-order chi connectivity index (χ1) is 7.82. The molecular weight excluding hydrogens is 224 g/mol. The topological polar surface area (TPSA) is 73.2 Å². The molecule has 2 N–H and O–H groups in total. The molecule has 6 heteroatoms. The Bertz CT molecular complexity index is 272. The van der Waals surface area contributed by atoms with E-state index in [4.69, 9.17) is 4.74 Å². The van der Waals surface area contributed by atoms with E-state index in [1.54, 1.807) is 11.9 Å². The molecule has 0 bridgehead atoms. The van der Waals surface area contributed by atoms with E-state index in [-0.39, 0.29) is 18.6 Å². The van der Waals surface area contributed by atoms with Crippen molar-refractivity contribution < 1.29 is 19.7 Å². The van der Waals surface area contributed by atoms with Gasteiger partial charge in [0, 0.05) is 7.05 Å². The number of rotatable bonds is 3. The molecule has 1 rings (SSSR count). The Morgan fingerprint density at radius 2 is 1.94 bits per heavy atom. The van der Waals surface area contributed by atoms with E-state index in [1.165, 1.54) is 4.90 Å². The lowest BCUT2D eigenvalue weighted by atomic mass is 9.99. The van der Waals surface area contributed by atoms with Gasteiger partial charge in [-0.25, -0.2) is 0 Å². The molecule has 0 saturated carbocycles. The van der Waals surface area contributed by atoms with Crippen molar-refractivity contribution in [1.29, 1.82) is 0 Å². The van der Waals surface area contributed by atoms with Crippen LogP contribution in [-0.2, 0) is 9.53 Å². The van der Waals surface area contributed by atoms with Crippen LogP contribution in [0.4, 0.5) is 0 Å². The van der Waals surface area contributed by atoms with E-state index >= 15 is 0 Å². The first kappa shape index (κ1) is 14.4. The molecule has 1 fully saturated rings. The number of amides is 1. The molecule has 0 aromatic carbocycles.